The van der Waals surface area contributed by atoms with Crippen LogP contribution in [-0.4, -0.2) is 156 Å². The molecule has 10 N–H and O–H groups in total. The van der Waals surface area contributed by atoms with Gasteiger partial charge < -0.3 is 81.3 Å². The summed E-state index contributed by atoms with van der Waals surface area (Å²) in [5.41, 5.74) is 16.2. The number of benzene rings is 3. The first kappa shape index (κ1) is 72.9. The topological polar surface area (TPSA) is 282 Å². The van der Waals surface area contributed by atoms with Crippen LogP contribution in [0.4, 0.5) is 43.7 Å². The number of nitrogens with zero attached hydrogens (tertiary/aromatic N) is 3. The van der Waals surface area contributed by atoms with Gasteiger partial charge in [0.25, 0.3) is 0 Å². The molecule has 21 nitrogen and oxygen atoms in total. The number of aliphatic hydroxyl groups excluding tert-OH is 1. The number of aliphatic carboxylic acids is 1. The zero-order valence-electron chi connectivity index (χ0n) is 50.4. The standard InChI is InChI=1S/C21H33N3O4.C16H25N3O2.C11H21NO4.C10H14N2O.CH4O.ClH/c1-6-15(2)18(23-20(26)28-21(3,4)5)19(25)22-16-9-7-8-10-17(16)24-11-13-27-14-12-24;1-3-12(2)15(17)16(20)18-13-6-4-5-7-14(13)19-8-10-21-11-9-19;1-6-7(2)8(9(13)14)12-10(15)16-11(3,4)5;11-9-3-1-2-4-10(9)12-5-7-13-8-6-12;1-2;/h7-10,15,18H,6,11-14H2,1-5H3,(H,22,25)(H,23,26);4-7,12,15H,3,8-11,17H2,1-2H3,(H,18,20);7-8H,6H2,1-5H3,(H,12,15)(H,13,14);1-4H,5-8,11H2;2H,1H3;1H/t15-,18-;12-,15-;7-,8-;;;/m000.../s1. The van der Waals surface area contributed by atoms with Crippen molar-refractivity contribution >= 4 is 76.5 Å². The third-order valence-corrected chi connectivity index (χ3v) is 13.2. The molecule has 0 radical (unpaired) electrons. The lowest BCUT2D eigenvalue weighted by Crippen LogP contribution is -2.49. The Morgan fingerprint density at radius 1 is 0.543 bits per heavy atom. The molecule has 0 aliphatic carbocycles. The van der Waals surface area contributed by atoms with E-state index in [2.05, 4.69) is 42.0 Å². The number of nitrogens with two attached hydrogens (primary N) is 2. The van der Waals surface area contributed by atoms with Crippen LogP contribution in [0.5, 0.6) is 0 Å². The van der Waals surface area contributed by atoms with Gasteiger partial charge in [0.2, 0.25) is 11.8 Å². The Balaban J connectivity index is 0.000000552. The summed E-state index contributed by atoms with van der Waals surface area (Å²) in [6.07, 6.45) is 1.03. The molecule has 0 unspecified atom stereocenters. The Morgan fingerprint density at radius 3 is 1.22 bits per heavy atom. The summed E-state index contributed by atoms with van der Waals surface area (Å²) in [7, 11) is 1.00. The zero-order valence-corrected chi connectivity index (χ0v) is 51.2. The molecule has 3 saturated heterocycles. The van der Waals surface area contributed by atoms with Gasteiger partial charge in [-0.1, -0.05) is 97.2 Å². The second-order valence-electron chi connectivity index (χ2n) is 21.6. The number of alkyl carbamates (subject to hydrolysis) is 2. The van der Waals surface area contributed by atoms with Crippen molar-refractivity contribution in [3.05, 3.63) is 72.8 Å². The fourth-order valence-electron chi connectivity index (χ4n) is 8.09. The maximum absolute atomic E-state index is 13.0. The lowest BCUT2D eigenvalue weighted by atomic mass is 9.98. The molecule has 0 spiro atoms. The van der Waals surface area contributed by atoms with E-state index >= 15 is 0 Å². The molecule has 0 bridgehead atoms. The molecule has 0 aromatic heterocycles. The quantitative estimate of drug-likeness (QED) is 0.0625. The summed E-state index contributed by atoms with van der Waals surface area (Å²) in [6, 6.07) is 21.5. The average molecular weight is 1160 g/mol. The summed E-state index contributed by atoms with van der Waals surface area (Å²) in [4.78, 5) is 66.5. The van der Waals surface area contributed by atoms with Gasteiger partial charge in [0.05, 0.1) is 79.8 Å². The van der Waals surface area contributed by atoms with Crippen LogP contribution in [0.15, 0.2) is 72.8 Å². The summed E-state index contributed by atoms with van der Waals surface area (Å²) in [5, 5.41) is 27.0. The largest absolute Gasteiger partial charge is 0.480 e. The molecule has 81 heavy (non-hydrogen) atoms. The van der Waals surface area contributed by atoms with E-state index in [1.54, 1.807) is 48.5 Å². The highest BCUT2D eigenvalue weighted by molar-refractivity contribution is 5.99. The molecule has 3 aromatic carbocycles. The van der Waals surface area contributed by atoms with E-state index in [9.17, 15) is 24.0 Å². The van der Waals surface area contributed by atoms with Gasteiger partial charge >= 0.3 is 18.2 Å². The number of carbonyl (C=O) groups excluding carboxylic acids is 4. The van der Waals surface area contributed by atoms with E-state index in [1.165, 1.54) is 0 Å². The molecule has 3 heterocycles. The number of hydrogen-bond acceptors (Lipinski definition) is 16. The van der Waals surface area contributed by atoms with Crippen molar-refractivity contribution in [3.8, 4) is 0 Å². The van der Waals surface area contributed by atoms with E-state index in [1.807, 2.05) is 101 Å². The normalized spacial score (nSPS) is 16.4. The zero-order chi connectivity index (χ0) is 60.0. The molecule has 3 aliphatic heterocycles. The highest BCUT2D eigenvalue weighted by Crippen LogP contribution is 2.29. The number of carbonyl (C=O) groups is 5. The summed E-state index contributed by atoms with van der Waals surface area (Å²) >= 11 is 0. The van der Waals surface area contributed by atoms with Crippen molar-refractivity contribution in [2.75, 3.05) is 117 Å². The van der Waals surface area contributed by atoms with Gasteiger partial charge in [-0.15, -0.1) is 12.4 Å². The molecule has 458 valence electrons. The smallest absolute Gasteiger partial charge is 0.408 e. The molecular weight excluding hydrogens is 1060 g/mol. The van der Waals surface area contributed by atoms with Gasteiger partial charge in [0.15, 0.2) is 0 Å². The fourth-order valence-corrected chi connectivity index (χ4v) is 8.09. The summed E-state index contributed by atoms with van der Waals surface area (Å²) < 4.78 is 26.4. The molecule has 4 amide bonds. The third-order valence-electron chi connectivity index (χ3n) is 13.2. The van der Waals surface area contributed by atoms with Crippen molar-refractivity contribution < 1.29 is 57.9 Å². The summed E-state index contributed by atoms with van der Waals surface area (Å²) in [6.45, 7) is 31.7. The monoisotopic (exact) mass is 1160 g/mol. The van der Waals surface area contributed by atoms with E-state index < -0.39 is 47.5 Å². The van der Waals surface area contributed by atoms with Crippen molar-refractivity contribution in [2.45, 2.75) is 132 Å². The third kappa shape index (κ3) is 27.0. The van der Waals surface area contributed by atoms with Gasteiger partial charge in [0.1, 0.15) is 23.3 Å². The number of halogens is 1. The van der Waals surface area contributed by atoms with Crippen LogP contribution < -0.4 is 47.4 Å². The second kappa shape index (κ2) is 37.8. The highest BCUT2D eigenvalue weighted by Gasteiger charge is 2.30. The number of amides is 4. The minimum atomic E-state index is -1.04. The van der Waals surface area contributed by atoms with Gasteiger partial charge in [-0.2, -0.15) is 0 Å². The number of hydrogen-bond donors (Lipinski definition) is 8. The Kier molecular flexibility index (Phi) is 34.0. The van der Waals surface area contributed by atoms with Crippen molar-refractivity contribution in [3.63, 3.8) is 0 Å². The second-order valence-corrected chi connectivity index (χ2v) is 21.6. The van der Waals surface area contributed by atoms with Gasteiger partial charge in [-0.05, 0) is 95.7 Å². The van der Waals surface area contributed by atoms with Gasteiger partial charge in [-0.25, -0.2) is 14.4 Å². The Bertz CT molecular complexity index is 2300. The first-order chi connectivity index (χ1) is 37.9. The molecule has 6 atom stereocenters. The molecule has 3 aromatic rings. The van der Waals surface area contributed by atoms with Crippen LogP contribution in [-0.2, 0) is 38.1 Å². The first-order valence-corrected chi connectivity index (χ1v) is 27.9. The van der Waals surface area contributed by atoms with Crippen LogP contribution in [0.3, 0.4) is 0 Å². The molecule has 0 saturated carbocycles. The lowest BCUT2D eigenvalue weighted by Gasteiger charge is -2.31. The number of anilines is 6. The van der Waals surface area contributed by atoms with Crippen molar-refractivity contribution in [2.24, 2.45) is 23.5 Å². The number of morpholine rings is 3. The van der Waals surface area contributed by atoms with E-state index in [0.717, 1.165) is 107 Å². The maximum Gasteiger partial charge on any atom is 0.408 e. The van der Waals surface area contributed by atoms with Crippen LogP contribution >= 0.6 is 12.4 Å². The molecule has 22 heteroatoms. The Hall–Kier alpha value is -6.10. The van der Waals surface area contributed by atoms with Gasteiger partial charge in [0, 0.05) is 46.4 Å². The SMILES string of the molecule is CC[C@H](C)[C@H](N)C(=O)Nc1ccccc1N1CCOCC1.CC[C@H](C)[C@H](NC(=O)OC(C)(C)C)C(=O)Nc1ccccc1N1CCOCC1.CC[C@H](C)[C@H](NC(=O)OC(C)(C)C)C(=O)O.CO.Cl.Nc1ccccc1N1CCOCC1. The first-order valence-electron chi connectivity index (χ1n) is 27.9. The average Bonchev–Trinajstić information content (AvgIpc) is 3.44. The number of carboxylic acids is 1. The number of aliphatic hydroxyl groups is 1. The minimum Gasteiger partial charge on any atom is -0.480 e. The number of rotatable bonds is 16. The lowest BCUT2D eigenvalue weighted by molar-refractivity contribution is -0.140. The number of nitrogens with one attached hydrogen (secondary N) is 4. The number of ether oxygens (including phenoxy) is 5. The van der Waals surface area contributed by atoms with Crippen LogP contribution in [0.2, 0.25) is 0 Å². The minimum absolute atomic E-state index is 0. The molecule has 6 rings (SSSR count). The number of carboxylic acid groups (broad SMARTS) is 1. The summed E-state index contributed by atoms with van der Waals surface area (Å²) in [5.74, 6) is -1.42. The van der Waals surface area contributed by atoms with Crippen LogP contribution in [0.25, 0.3) is 0 Å². The number of para-hydroxylation sites is 6. The Morgan fingerprint density at radius 2 is 0.864 bits per heavy atom. The predicted octanol–water partition coefficient (Wildman–Crippen LogP) is 8.38. The van der Waals surface area contributed by atoms with E-state index in [-0.39, 0.29) is 42.0 Å². The maximum atomic E-state index is 13.0. The van der Waals surface area contributed by atoms with E-state index in [0.29, 0.717) is 32.8 Å². The molecule has 3 fully saturated rings. The van der Waals surface area contributed by atoms with Crippen molar-refractivity contribution in [1.82, 2.24) is 10.6 Å². The number of nitrogen functional groups attached to an aromatic ring is 1. The molecule has 3 aliphatic rings. The fraction of sp³-hybridized carbons (Fsp3) is 0.610. The molecular formula is C59H98ClN9O12. The highest BCUT2D eigenvalue weighted by atomic mass is 35.5. The van der Waals surface area contributed by atoms with Crippen molar-refractivity contribution in [1.29, 1.82) is 0 Å². The Labute approximate surface area is 488 Å². The van der Waals surface area contributed by atoms with Crippen LogP contribution in [0, 0.1) is 17.8 Å². The van der Waals surface area contributed by atoms with Crippen LogP contribution in [0.1, 0.15) is 102 Å². The predicted molar refractivity (Wildman–Crippen MR) is 326 cm³/mol. The van der Waals surface area contributed by atoms with Gasteiger partial charge in [-0.3, -0.25) is 9.59 Å². The van der Waals surface area contributed by atoms with E-state index in [4.69, 9.17) is 45.4 Å².